The van der Waals surface area contributed by atoms with Crippen LogP contribution >= 0.6 is 0 Å². The van der Waals surface area contributed by atoms with Gasteiger partial charge in [0.15, 0.2) is 5.78 Å². The second-order valence-electron chi connectivity index (χ2n) is 5.62. The minimum Gasteiger partial charge on any atom is -0.288 e. The summed E-state index contributed by atoms with van der Waals surface area (Å²) in [6.07, 6.45) is 0. The number of carbonyl (C=O) groups is 1. The molecule has 0 amide bonds. The Kier molecular flexibility index (Phi) is 4.72. The van der Waals surface area contributed by atoms with Gasteiger partial charge in [-0.25, -0.2) is 8.78 Å². The lowest BCUT2D eigenvalue weighted by molar-refractivity contribution is 0.103. The minimum atomic E-state index is -0.867. The van der Waals surface area contributed by atoms with Gasteiger partial charge in [-0.15, -0.1) is 0 Å². The van der Waals surface area contributed by atoms with Crippen LogP contribution in [-0.2, 0) is 0 Å². The van der Waals surface area contributed by atoms with Gasteiger partial charge in [-0.1, -0.05) is 35.6 Å². The van der Waals surface area contributed by atoms with Crippen LogP contribution in [0.5, 0.6) is 0 Å². The summed E-state index contributed by atoms with van der Waals surface area (Å²) in [5, 5.41) is 0. The molecular weight excluding hydrogens is 318 g/mol. The maximum absolute atomic E-state index is 13.7. The van der Waals surface area contributed by atoms with Crippen LogP contribution in [0.3, 0.4) is 0 Å². The van der Waals surface area contributed by atoms with Crippen LogP contribution in [0.25, 0.3) is 0 Å². The molecule has 0 fully saturated rings. The second kappa shape index (κ2) is 7.11. The van der Waals surface area contributed by atoms with Crippen molar-refractivity contribution in [2.45, 2.75) is 6.92 Å². The van der Waals surface area contributed by atoms with E-state index in [4.69, 9.17) is 0 Å². The van der Waals surface area contributed by atoms with E-state index in [9.17, 15) is 13.6 Å². The number of rotatable bonds is 2. The van der Waals surface area contributed by atoms with Crippen molar-refractivity contribution in [3.63, 3.8) is 0 Å². The molecule has 0 aliphatic carbocycles. The molecule has 0 spiro atoms. The highest BCUT2D eigenvalue weighted by molar-refractivity contribution is 6.09. The summed E-state index contributed by atoms with van der Waals surface area (Å²) in [6, 6.07) is 17.5. The summed E-state index contributed by atoms with van der Waals surface area (Å²) in [5.74, 6) is 3.61. The van der Waals surface area contributed by atoms with Crippen LogP contribution in [0.1, 0.15) is 32.6 Å². The quantitative estimate of drug-likeness (QED) is 0.482. The molecule has 25 heavy (non-hydrogen) atoms. The zero-order valence-corrected chi connectivity index (χ0v) is 13.5. The van der Waals surface area contributed by atoms with Crippen molar-refractivity contribution in [1.82, 2.24) is 0 Å². The van der Waals surface area contributed by atoms with Crippen LogP contribution < -0.4 is 0 Å². The zero-order chi connectivity index (χ0) is 17.8. The van der Waals surface area contributed by atoms with Gasteiger partial charge in [0.2, 0.25) is 0 Å². The Morgan fingerprint density at radius 2 is 1.24 bits per heavy atom. The van der Waals surface area contributed by atoms with Crippen LogP contribution in [-0.4, -0.2) is 5.78 Å². The van der Waals surface area contributed by atoms with E-state index >= 15 is 0 Å². The lowest BCUT2D eigenvalue weighted by atomic mass is 10.0. The van der Waals surface area contributed by atoms with Crippen molar-refractivity contribution in [1.29, 1.82) is 0 Å². The molecule has 0 aliphatic rings. The summed E-state index contributed by atoms with van der Waals surface area (Å²) < 4.78 is 27.4. The molecule has 3 aromatic carbocycles. The topological polar surface area (TPSA) is 17.1 Å². The standard InChI is InChI=1S/C22H14F2O/c1-15-5-7-16(8-6-15)9-10-17-11-13-18(14-12-17)22(25)21-19(23)3-2-4-20(21)24/h2-8,11-14H,1H3. The molecule has 3 rings (SSSR count). The third kappa shape index (κ3) is 3.81. The van der Waals surface area contributed by atoms with Gasteiger partial charge >= 0.3 is 0 Å². The summed E-state index contributed by atoms with van der Waals surface area (Å²) in [7, 11) is 0. The van der Waals surface area contributed by atoms with Gasteiger partial charge in [-0.3, -0.25) is 4.79 Å². The Morgan fingerprint density at radius 3 is 1.76 bits per heavy atom. The maximum atomic E-state index is 13.7. The van der Waals surface area contributed by atoms with E-state index in [0.29, 0.717) is 5.56 Å². The first-order chi connectivity index (χ1) is 12.0. The third-order valence-corrected chi connectivity index (χ3v) is 3.74. The lowest BCUT2D eigenvalue weighted by Gasteiger charge is -2.04. The monoisotopic (exact) mass is 332 g/mol. The van der Waals surface area contributed by atoms with Gasteiger partial charge in [0.25, 0.3) is 0 Å². The summed E-state index contributed by atoms with van der Waals surface area (Å²) in [4.78, 5) is 12.3. The molecule has 0 aliphatic heterocycles. The molecule has 3 aromatic rings. The van der Waals surface area contributed by atoms with Gasteiger partial charge < -0.3 is 0 Å². The number of benzene rings is 3. The number of hydrogen-bond acceptors (Lipinski definition) is 1. The highest BCUT2D eigenvalue weighted by atomic mass is 19.1. The zero-order valence-electron chi connectivity index (χ0n) is 13.5. The second-order valence-corrected chi connectivity index (χ2v) is 5.62. The Bertz CT molecular complexity index is 955. The molecular formula is C22H14F2O. The molecule has 0 atom stereocenters. The molecule has 0 radical (unpaired) electrons. The van der Waals surface area contributed by atoms with Crippen LogP contribution in [0.4, 0.5) is 8.78 Å². The Balaban J connectivity index is 1.83. The van der Waals surface area contributed by atoms with E-state index in [2.05, 4.69) is 11.8 Å². The Labute approximate surface area is 144 Å². The fourth-order valence-electron chi connectivity index (χ4n) is 2.35. The SMILES string of the molecule is Cc1ccc(C#Cc2ccc(C(=O)c3c(F)cccc3F)cc2)cc1. The van der Waals surface area contributed by atoms with Gasteiger partial charge in [-0.05, 0) is 55.5 Å². The average Bonchev–Trinajstić information content (AvgIpc) is 2.61. The number of carbonyl (C=O) groups excluding carboxylic acids is 1. The van der Waals surface area contributed by atoms with E-state index in [-0.39, 0.29) is 5.56 Å². The molecule has 3 heteroatoms. The van der Waals surface area contributed by atoms with Crippen molar-refractivity contribution >= 4 is 5.78 Å². The van der Waals surface area contributed by atoms with Crippen LogP contribution in [0.15, 0.2) is 66.7 Å². The molecule has 122 valence electrons. The van der Waals surface area contributed by atoms with Crippen molar-refractivity contribution in [3.05, 3.63) is 106 Å². The maximum Gasteiger partial charge on any atom is 0.198 e. The van der Waals surface area contributed by atoms with E-state index in [1.807, 2.05) is 31.2 Å². The fourth-order valence-corrected chi connectivity index (χ4v) is 2.35. The first kappa shape index (κ1) is 16.6. The number of halogens is 2. The largest absolute Gasteiger partial charge is 0.288 e. The van der Waals surface area contributed by atoms with Crippen molar-refractivity contribution in [3.8, 4) is 11.8 Å². The van der Waals surface area contributed by atoms with E-state index in [1.54, 1.807) is 12.1 Å². The Hall–Kier alpha value is -3.25. The molecule has 0 heterocycles. The average molecular weight is 332 g/mol. The number of hydrogen-bond donors (Lipinski definition) is 0. The van der Waals surface area contributed by atoms with E-state index in [1.165, 1.54) is 18.2 Å². The minimum absolute atomic E-state index is 0.213. The highest BCUT2D eigenvalue weighted by Gasteiger charge is 2.18. The fraction of sp³-hybridized carbons (Fsp3) is 0.0455. The molecule has 0 saturated heterocycles. The molecule has 0 aromatic heterocycles. The molecule has 0 N–H and O–H groups in total. The van der Waals surface area contributed by atoms with Gasteiger partial charge in [-0.2, -0.15) is 0 Å². The van der Waals surface area contributed by atoms with Crippen molar-refractivity contribution in [2.24, 2.45) is 0 Å². The van der Waals surface area contributed by atoms with E-state index in [0.717, 1.165) is 23.3 Å². The van der Waals surface area contributed by atoms with Gasteiger partial charge in [0.05, 0.1) is 5.56 Å². The first-order valence-corrected chi connectivity index (χ1v) is 7.72. The molecule has 0 saturated carbocycles. The normalized spacial score (nSPS) is 10.0. The van der Waals surface area contributed by atoms with Crippen molar-refractivity contribution < 1.29 is 13.6 Å². The first-order valence-electron chi connectivity index (χ1n) is 7.72. The molecule has 0 unspecified atom stereocenters. The predicted octanol–water partition coefficient (Wildman–Crippen LogP) is 4.90. The molecule has 1 nitrogen and oxygen atoms in total. The lowest BCUT2D eigenvalue weighted by Crippen LogP contribution is -2.07. The van der Waals surface area contributed by atoms with Crippen molar-refractivity contribution in [2.75, 3.05) is 0 Å². The van der Waals surface area contributed by atoms with E-state index < -0.39 is 23.0 Å². The molecule has 0 bridgehead atoms. The van der Waals surface area contributed by atoms with Gasteiger partial charge in [0, 0.05) is 16.7 Å². The smallest absolute Gasteiger partial charge is 0.198 e. The summed E-state index contributed by atoms with van der Waals surface area (Å²) in [6.45, 7) is 2.01. The highest BCUT2D eigenvalue weighted by Crippen LogP contribution is 2.17. The summed E-state index contributed by atoms with van der Waals surface area (Å²) >= 11 is 0. The third-order valence-electron chi connectivity index (χ3n) is 3.74. The predicted molar refractivity (Wildman–Crippen MR) is 93.4 cm³/mol. The van der Waals surface area contributed by atoms with Crippen LogP contribution in [0.2, 0.25) is 0 Å². The van der Waals surface area contributed by atoms with Gasteiger partial charge in [0.1, 0.15) is 11.6 Å². The number of ketones is 1. The number of aryl methyl sites for hydroxylation is 1. The summed E-state index contributed by atoms with van der Waals surface area (Å²) in [5.41, 5.74) is 2.44. The van der Waals surface area contributed by atoms with Crippen LogP contribution in [0, 0.1) is 30.4 Å². The Morgan fingerprint density at radius 1 is 0.760 bits per heavy atom.